The number of hydrazone groups is 1. The van der Waals surface area contributed by atoms with Crippen LogP contribution in [0, 0.1) is 0 Å². The average molecular weight is 231 g/mol. The number of carbonyl (C=O) groups is 1. The summed E-state index contributed by atoms with van der Waals surface area (Å²) in [6, 6.07) is 3.12. The number of hydrogen-bond donors (Lipinski definition) is 2. The highest BCUT2D eigenvalue weighted by Gasteiger charge is 2.07. The van der Waals surface area contributed by atoms with E-state index in [1.165, 1.54) is 30.9 Å². The fourth-order valence-electron chi connectivity index (χ4n) is 1.06. The molecule has 0 radical (unpaired) electrons. The van der Waals surface area contributed by atoms with Gasteiger partial charge in [0.1, 0.15) is 5.69 Å². The normalized spacial score (nSPS) is 11.2. The van der Waals surface area contributed by atoms with Crippen molar-refractivity contribution in [1.82, 2.24) is 15.4 Å². The highest BCUT2D eigenvalue weighted by Crippen LogP contribution is 1.99. The van der Waals surface area contributed by atoms with Crippen molar-refractivity contribution in [1.29, 1.82) is 0 Å². The van der Waals surface area contributed by atoms with Crippen molar-refractivity contribution in [3.05, 3.63) is 48.4 Å². The highest BCUT2D eigenvalue weighted by atomic mass is 16.3. The molecule has 0 aliphatic heterocycles. The van der Waals surface area contributed by atoms with E-state index in [2.05, 4.69) is 20.5 Å². The number of amides is 1. The van der Waals surface area contributed by atoms with E-state index in [0.717, 1.165) is 0 Å². The van der Waals surface area contributed by atoms with Crippen LogP contribution in [-0.2, 0) is 0 Å². The van der Waals surface area contributed by atoms with Gasteiger partial charge in [0, 0.05) is 12.4 Å². The van der Waals surface area contributed by atoms with Crippen LogP contribution in [0.25, 0.3) is 0 Å². The number of nitrogens with one attached hydrogen (secondary N) is 1. The number of nitrogens with zero attached hydrogens (tertiary/aromatic N) is 3. The Morgan fingerprint density at radius 1 is 1.47 bits per heavy atom. The van der Waals surface area contributed by atoms with Gasteiger partial charge in [-0.1, -0.05) is 0 Å². The number of furan rings is 1. The summed E-state index contributed by atoms with van der Waals surface area (Å²) in [5.74, 6) is -0.263. The van der Waals surface area contributed by atoms with Crippen molar-refractivity contribution in [3.8, 4) is 0 Å². The number of amidine groups is 1. The second-order valence-electron chi connectivity index (χ2n) is 3.01. The molecule has 0 unspecified atom stereocenters. The zero-order chi connectivity index (χ0) is 12.1. The fraction of sp³-hybridized carbons (Fsp3) is 0. The predicted molar refractivity (Wildman–Crippen MR) is 58.9 cm³/mol. The van der Waals surface area contributed by atoms with Crippen LogP contribution in [0.5, 0.6) is 0 Å². The second kappa shape index (κ2) is 4.88. The third-order valence-corrected chi connectivity index (χ3v) is 1.85. The van der Waals surface area contributed by atoms with E-state index >= 15 is 0 Å². The van der Waals surface area contributed by atoms with Gasteiger partial charge in [0.25, 0.3) is 0 Å². The van der Waals surface area contributed by atoms with Crippen molar-refractivity contribution in [2.24, 2.45) is 10.8 Å². The Labute approximate surface area is 96.4 Å². The maximum atomic E-state index is 11.4. The Kier molecular flexibility index (Phi) is 3.10. The fourth-order valence-corrected chi connectivity index (χ4v) is 1.06. The van der Waals surface area contributed by atoms with Gasteiger partial charge in [-0.25, -0.2) is 10.4 Å². The molecule has 1 amide bonds. The van der Waals surface area contributed by atoms with Crippen LogP contribution in [0.1, 0.15) is 16.2 Å². The quantitative estimate of drug-likeness (QED) is 0.443. The van der Waals surface area contributed by atoms with Gasteiger partial charge >= 0.3 is 5.91 Å². The van der Waals surface area contributed by atoms with E-state index in [1.807, 2.05) is 0 Å². The SMILES string of the molecule is N/C(=N\NC(=O)c1ccco1)c1cnccn1. The number of rotatable bonds is 3. The first-order valence-electron chi connectivity index (χ1n) is 4.71. The van der Waals surface area contributed by atoms with E-state index in [4.69, 9.17) is 10.2 Å². The van der Waals surface area contributed by atoms with E-state index in [-0.39, 0.29) is 11.6 Å². The Morgan fingerprint density at radius 3 is 3.00 bits per heavy atom. The Morgan fingerprint density at radius 2 is 2.35 bits per heavy atom. The van der Waals surface area contributed by atoms with E-state index in [0.29, 0.717) is 5.69 Å². The Bertz CT molecular complexity index is 521. The minimum atomic E-state index is -0.484. The van der Waals surface area contributed by atoms with Gasteiger partial charge in [-0.15, -0.1) is 0 Å². The summed E-state index contributed by atoms with van der Waals surface area (Å²) in [5, 5.41) is 3.68. The van der Waals surface area contributed by atoms with Gasteiger partial charge < -0.3 is 10.2 Å². The molecule has 0 aromatic carbocycles. The smallest absolute Gasteiger partial charge is 0.307 e. The summed E-state index contributed by atoms with van der Waals surface area (Å²) in [6.45, 7) is 0. The molecule has 0 spiro atoms. The molecule has 3 N–H and O–H groups in total. The average Bonchev–Trinajstić information content (AvgIpc) is 2.90. The zero-order valence-electron chi connectivity index (χ0n) is 8.70. The Balaban J connectivity index is 2.04. The van der Waals surface area contributed by atoms with Gasteiger partial charge in [-0.2, -0.15) is 5.10 Å². The molecular formula is C10H9N5O2. The molecule has 0 aliphatic rings. The minimum Gasteiger partial charge on any atom is -0.459 e. The van der Waals surface area contributed by atoms with Gasteiger partial charge in [0.15, 0.2) is 11.6 Å². The lowest BCUT2D eigenvalue weighted by molar-refractivity contribution is 0.0927. The van der Waals surface area contributed by atoms with Crippen molar-refractivity contribution >= 4 is 11.7 Å². The zero-order valence-corrected chi connectivity index (χ0v) is 8.70. The lowest BCUT2D eigenvalue weighted by Crippen LogP contribution is -2.24. The first-order chi connectivity index (χ1) is 8.27. The number of carbonyl (C=O) groups excluding carboxylic acids is 1. The molecule has 2 aromatic heterocycles. The van der Waals surface area contributed by atoms with Crippen LogP contribution in [0.15, 0.2) is 46.5 Å². The topological polar surface area (TPSA) is 106 Å². The van der Waals surface area contributed by atoms with E-state index in [1.54, 1.807) is 6.07 Å². The summed E-state index contributed by atoms with van der Waals surface area (Å²) in [6.07, 6.45) is 5.83. The van der Waals surface area contributed by atoms with Gasteiger partial charge in [0.2, 0.25) is 0 Å². The summed E-state index contributed by atoms with van der Waals surface area (Å²) in [4.78, 5) is 19.2. The van der Waals surface area contributed by atoms with Crippen molar-refractivity contribution < 1.29 is 9.21 Å². The molecule has 0 aliphatic carbocycles. The number of nitrogens with two attached hydrogens (primary N) is 1. The molecule has 7 nitrogen and oxygen atoms in total. The van der Waals surface area contributed by atoms with Crippen molar-refractivity contribution in [2.45, 2.75) is 0 Å². The maximum absolute atomic E-state index is 11.4. The van der Waals surface area contributed by atoms with Crippen LogP contribution >= 0.6 is 0 Å². The van der Waals surface area contributed by atoms with Crippen LogP contribution in [0.3, 0.4) is 0 Å². The molecular weight excluding hydrogens is 222 g/mol. The minimum absolute atomic E-state index is 0.0676. The molecule has 0 bridgehead atoms. The largest absolute Gasteiger partial charge is 0.459 e. The summed E-state index contributed by atoms with van der Waals surface area (Å²) >= 11 is 0. The van der Waals surface area contributed by atoms with Gasteiger partial charge in [-0.05, 0) is 12.1 Å². The molecule has 2 rings (SSSR count). The first-order valence-corrected chi connectivity index (χ1v) is 4.71. The predicted octanol–water partition coefficient (Wildman–Crippen LogP) is 0.120. The van der Waals surface area contributed by atoms with Crippen LogP contribution in [0.2, 0.25) is 0 Å². The number of hydrogen-bond acceptors (Lipinski definition) is 5. The lowest BCUT2D eigenvalue weighted by Gasteiger charge is -1.99. The molecule has 2 aromatic rings. The van der Waals surface area contributed by atoms with Gasteiger partial charge in [-0.3, -0.25) is 9.78 Å². The molecule has 86 valence electrons. The maximum Gasteiger partial charge on any atom is 0.307 e. The molecule has 0 saturated carbocycles. The van der Waals surface area contributed by atoms with Crippen LogP contribution < -0.4 is 11.2 Å². The molecule has 0 fully saturated rings. The van der Waals surface area contributed by atoms with Crippen molar-refractivity contribution in [3.63, 3.8) is 0 Å². The molecule has 17 heavy (non-hydrogen) atoms. The third-order valence-electron chi connectivity index (χ3n) is 1.85. The van der Waals surface area contributed by atoms with Gasteiger partial charge in [0.05, 0.1) is 12.5 Å². The monoisotopic (exact) mass is 231 g/mol. The molecule has 7 heteroatoms. The summed E-state index contributed by atoms with van der Waals surface area (Å²) in [7, 11) is 0. The first kappa shape index (κ1) is 10.8. The summed E-state index contributed by atoms with van der Waals surface area (Å²) in [5.41, 5.74) is 8.23. The molecule has 0 atom stereocenters. The standard InChI is InChI=1S/C10H9N5O2/c11-9(7-6-12-3-4-13-7)14-15-10(16)8-2-1-5-17-8/h1-6H,(H2,11,14)(H,15,16). The van der Waals surface area contributed by atoms with E-state index in [9.17, 15) is 4.79 Å². The van der Waals surface area contributed by atoms with E-state index < -0.39 is 5.91 Å². The lowest BCUT2D eigenvalue weighted by atomic mass is 10.4. The Hall–Kier alpha value is -2.70. The van der Waals surface area contributed by atoms with Crippen molar-refractivity contribution in [2.75, 3.05) is 0 Å². The highest BCUT2D eigenvalue weighted by molar-refractivity contribution is 5.97. The third kappa shape index (κ3) is 2.65. The molecule has 0 saturated heterocycles. The second-order valence-corrected chi connectivity index (χ2v) is 3.01. The number of aromatic nitrogens is 2. The van der Waals surface area contributed by atoms with Crippen LogP contribution in [-0.4, -0.2) is 21.7 Å². The van der Waals surface area contributed by atoms with Crippen LogP contribution in [0.4, 0.5) is 0 Å². The molecule has 2 heterocycles. The summed E-state index contributed by atoms with van der Waals surface area (Å²) < 4.78 is 4.88.